The molecule has 0 rings (SSSR count). The topological polar surface area (TPSA) is 164 Å². The van der Waals surface area contributed by atoms with Crippen molar-refractivity contribution in [3.8, 4) is 0 Å². The molecule has 28 heavy (non-hydrogen) atoms. The standard InChI is InChI=1S/C18H48N10/c19-1-6-24-8-13-27(12-5-23)16-18-28(14-9-25-7-2-20)17-15-26(10-3-21)11-4-22/h24-25H,1-23H2. The number of hydrogen-bond acceptors (Lipinski definition) is 10. The van der Waals surface area contributed by atoms with Crippen molar-refractivity contribution in [2.24, 2.45) is 28.7 Å². The van der Waals surface area contributed by atoms with Crippen molar-refractivity contribution in [1.29, 1.82) is 0 Å². The van der Waals surface area contributed by atoms with Gasteiger partial charge in [0.1, 0.15) is 0 Å². The SMILES string of the molecule is NCCNCCN(CCN)CCN(CCNCCN)CCN(CCN)CCN. The van der Waals surface area contributed by atoms with E-state index in [1.165, 1.54) is 0 Å². The quantitative estimate of drug-likeness (QED) is 0.0881. The molecule has 0 aliphatic rings. The molecule has 0 aliphatic carbocycles. The molecule has 0 heterocycles. The summed E-state index contributed by atoms with van der Waals surface area (Å²) in [6, 6.07) is 0. The zero-order valence-electron chi connectivity index (χ0n) is 18.0. The molecule has 170 valence electrons. The minimum atomic E-state index is 0.665. The Morgan fingerprint density at radius 3 is 1.00 bits per heavy atom. The number of nitrogens with two attached hydrogens (primary N) is 5. The third-order valence-corrected chi connectivity index (χ3v) is 4.65. The van der Waals surface area contributed by atoms with Crippen molar-refractivity contribution in [2.45, 2.75) is 0 Å². The lowest BCUT2D eigenvalue weighted by atomic mass is 10.3. The van der Waals surface area contributed by atoms with Gasteiger partial charge in [-0.2, -0.15) is 0 Å². The highest BCUT2D eigenvalue weighted by atomic mass is 15.2. The maximum atomic E-state index is 5.80. The van der Waals surface area contributed by atoms with Gasteiger partial charge in [-0.1, -0.05) is 0 Å². The van der Waals surface area contributed by atoms with Gasteiger partial charge in [0.15, 0.2) is 0 Å². The van der Waals surface area contributed by atoms with E-state index in [0.29, 0.717) is 32.7 Å². The summed E-state index contributed by atoms with van der Waals surface area (Å²) in [5, 5.41) is 6.74. The summed E-state index contributed by atoms with van der Waals surface area (Å²) in [4.78, 5) is 7.26. The van der Waals surface area contributed by atoms with Gasteiger partial charge in [0.2, 0.25) is 0 Å². The van der Waals surface area contributed by atoms with Crippen LogP contribution in [0, 0.1) is 0 Å². The maximum absolute atomic E-state index is 5.80. The lowest BCUT2D eigenvalue weighted by Crippen LogP contribution is -2.45. The van der Waals surface area contributed by atoms with Crippen molar-refractivity contribution >= 4 is 0 Å². The highest BCUT2D eigenvalue weighted by molar-refractivity contribution is 4.69. The monoisotopic (exact) mass is 404 g/mol. The molecular weight excluding hydrogens is 356 g/mol. The molecule has 0 bridgehead atoms. The largest absolute Gasteiger partial charge is 0.329 e. The molecule has 0 fully saturated rings. The minimum Gasteiger partial charge on any atom is -0.329 e. The van der Waals surface area contributed by atoms with Crippen LogP contribution >= 0.6 is 0 Å². The van der Waals surface area contributed by atoms with E-state index in [2.05, 4.69) is 25.3 Å². The Labute approximate surface area is 172 Å². The molecule has 0 saturated carbocycles. The van der Waals surface area contributed by atoms with Crippen molar-refractivity contribution in [1.82, 2.24) is 25.3 Å². The predicted molar refractivity (Wildman–Crippen MR) is 120 cm³/mol. The van der Waals surface area contributed by atoms with Crippen LogP contribution in [0.25, 0.3) is 0 Å². The Morgan fingerprint density at radius 1 is 0.357 bits per heavy atom. The molecule has 0 unspecified atom stereocenters. The highest BCUT2D eigenvalue weighted by Crippen LogP contribution is 1.95. The van der Waals surface area contributed by atoms with Gasteiger partial charge in [-0.25, -0.2) is 0 Å². The summed E-state index contributed by atoms with van der Waals surface area (Å²) in [7, 11) is 0. The first-order valence-electron chi connectivity index (χ1n) is 10.8. The molecule has 10 nitrogen and oxygen atoms in total. The van der Waals surface area contributed by atoms with Crippen molar-refractivity contribution in [3.05, 3.63) is 0 Å². The van der Waals surface area contributed by atoms with E-state index >= 15 is 0 Å². The number of nitrogens with zero attached hydrogens (tertiary/aromatic N) is 3. The molecule has 10 heteroatoms. The molecular formula is C18H48N10. The fraction of sp³-hybridized carbons (Fsp3) is 1.00. The Hall–Kier alpha value is -0.400. The first kappa shape index (κ1) is 27.6. The molecule has 0 amide bonds. The predicted octanol–water partition coefficient (Wildman–Crippen LogP) is -4.13. The summed E-state index contributed by atoms with van der Waals surface area (Å²) in [5.41, 5.74) is 28.4. The summed E-state index contributed by atoms with van der Waals surface area (Å²) in [6.07, 6.45) is 0. The fourth-order valence-corrected chi connectivity index (χ4v) is 3.05. The number of nitrogens with one attached hydrogen (secondary N) is 2. The van der Waals surface area contributed by atoms with Crippen molar-refractivity contribution < 1.29 is 0 Å². The van der Waals surface area contributed by atoms with Crippen LogP contribution in [0.15, 0.2) is 0 Å². The summed E-state index contributed by atoms with van der Waals surface area (Å²) in [5.74, 6) is 0. The maximum Gasteiger partial charge on any atom is 0.0110 e. The number of hydrogen-bond donors (Lipinski definition) is 7. The Kier molecular flexibility index (Phi) is 21.0. The second-order valence-electron chi connectivity index (χ2n) is 6.97. The molecule has 0 radical (unpaired) electrons. The second-order valence-corrected chi connectivity index (χ2v) is 6.97. The van der Waals surface area contributed by atoms with Crippen LogP contribution in [-0.4, -0.2) is 133 Å². The normalized spacial score (nSPS) is 12.0. The van der Waals surface area contributed by atoms with Crippen LogP contribution in [0.2, 0.25) is 0 Å². The summed E-state index contributed by atoms with van der Waals surface area (Å²) < 4.78 is 0. The second kappa shape index (κ2) is 21.3. The minimum absolute atomic E-state index is 0.665. The van der Waals surface area contributed by atoms with Gasteiger partial charge < -0.3 is 39.3 Å². The average Bonchev–Trinajstić information content (AvgIpc) is 2.69. The van der Waals surface area contributed by atoms with Crippen LogP contribution in [0.3, 0.4) is 0 Å². The van der Waals surface area contributed by atoms with E-state index in [-0.39, 0.29) is 0 Å². The lowest BCUT2D eigenvalue weighted by Gasteiger charge is -2.30. The molecule has 0 aromatic carbocycles. The Bertz CT molecular complexity index is 302. The van der Waals surface area contributed by atoms with Crippen LogP contribution in [0.4, 0.5) is 0 Å². The van der Waals surface area contributed by atoms with Gasteiger partial charge in [-0.05, 0) is 0 Å². The highest BCUT2D eigenvalue weighted by Gasteiger charge is 2.11. The van der Waals surface area contributed by atoms with E-state index in [1.807, 2.05) is 0 Å². The molecule has 0 spiro atoms. The lowest BCUT2D eigenvalue weighted by molar-refractivity contribution is 0.180. The molecule has 0 saturated heterocycles. The zero-order valence-corrected chi connectivity index (χ0v) is 18.0. The number of rotatable bonds is 22. The average molecular weight is 405 g/mol. The summed E-state index contributed by atoms with van der Waals surface area (Å²) >= 11 is 0. The van der Waals surface area contributed by atoms with Crippen molar-refractivity contribution in [2.75, 3.05) is 118 Å². The van der Waals surface area contributed by atoms with Gasteiger partial charge in [-0.15, -0.1) is 0 Å². The zero-order chi connectivity index (χ0) is 20.9. The van der Waals surface area contributed by atoms with Crippen LogP contribution in [0.5, 0.6) is 0 Å². The molecule has 0 aliphatic heterocycles. The van der Waals surface area contributed by atoms with Gasteiger partial charge >= 0.3 is 0 Å². The molecule has 0 aromatic rings. The smallest absolute Gasteiger partial charge is 0.0110 e. The summed E-state index contributed by atoms with van der Waals surface area (Å²) in [6.45, 7) is 15.6. The third-order valence-electron chi connectivity index (χ3n) is 4.65. The first-order chi connectivity index (χ1) is 13.7. The van der Waals surface area contributed by atoms with Crippen LogP contribution in [-0.2, 0) is 0 Å². The van der Waals surface area contributed by atoms with Gasteiger partial charge in [0, 0.05) is 118 Å². The Morgan fingerprint density at radius 2 is 0.679 bits per heavy atom. The fourth-order valence-electron chi connectivity index (χ4n) is 3.05. The van der Waals surface area contributed by atoms with E-state index in [1.54, 1.807) is 0 Å². The van der Waals surface area contributed by atoms with Crippen LogP contribution in [0.1, 0.15) is 0 Å². The van der Waals surface area contributed by atoms with Gasteiger partial charge in [0.25, 0.3) is 0 Å². The van der Waals surface area contributed by atoms with E-state index < -0.39 is 0 Å². The van der Waals surface area contributed by atoms with Gasteiger partial charge in [-0.3, -0.25) is 14.7 Å². The van der Waals surface area contributed by atoms with Crippen LogP contribution < -0.4 is 39.3 Å². The van der Waals surface area contributed by atoms with E-state index in [9.17, 15) is 0 Å². The molecule has 0 aromatic heterocycles. The molecule has 12 N–H and O–H groups in total. The van der Waals surface area contributed by atoms with E-state index in [0.717, 1.165) is 85.1 Å². The third kappa shape index (κ3) is 16.5. The molecule has 0 atom stereocenters. The van der Waals surface area contributed by atoms with Crippen molar-refractivity contribution in [3.63, 3.8) is 0 Å². The van der Waals surface area contributed by atoms with E-state index in [4.69, 9.17) is 28.7 Å². The Balaban J connectivity index is 4.47. The van der Waals surface area contributed by atoms with Gasteiger partial charge in [0.05, 0.1) is 0 Å². The first-order valence-corrected chi connectivity index (χ1v) is 10.8.